The number of ether oxygens (including phenoxy) is 1. The third kappa shape index (κ3) is 2.75. The molecule has 0 bridgehead atoms. The van der Waals surface area contributed by atoms with Crippen LogP contribution in [0.4, 0.5) is 0 Å². The van der Waals surface area contributed by atoms with Gasteiger partial charge in [-0.2, -0.15) is 6.42 Å². The Kier molecular flexibility index (Phi) is 5.21. The summed E-state index contributed by atoms with van der Waals surface area (Å²) in [5.74, 6) is 0.737. The van der Waals surface area contributed by atoms with Gasteiger partial charge in [0.05, 0.1) is 18.1 Å². The van der Waals surface area contributed by atoms with Crippen LogP contribution in [0.2, 0.25) is 0 Å². The van der Waals surface area contributed by atoms with E-state index in [1.54, 1.807) is 0 Å². The Bertz CT molecular complexity index is 347. The number of amides is 1. The molecule has 0 aromatic heterocycles. The first-order valence-electron chi connectivity index (χ1n) is 7.11. The first-order valence-corrected chi connectivity index (χ1v) is 7.11. The maximum Gasteiger partial charge on any atom is 1.00 e. The van der Waals surface area contributed by atoms with Crippen molar-refractivity contribution in [3.05, 3.63) is 6.92 Å². The van der Waals surface area contributed by atoms with Crippen LogP contribution < -0.4 is 18.9 Å². The van der Waals surface area contributed by atoms with Gasteiger partial charge in [0.15, 0.2) is 0 Å². The molecule has 0 saturated carbocycles. The molecule has 0 radical (unpaired) electrons. The fourth-order valence-corrected chi connectivity index (χ4v) is 3.55. The molecule has 0 aromatic carbocycles. The largest absolute Gasteiger partial charge is 1.00 e. The van der Waals surface area contributed by atoms with E-state index in [1.165, 1.54) is 0 Å². The molecule has 0 aromatic rings. The monoisotopic (exact) mass is 259 g/mol. The van der Waals surface area contributed by atoms with Gasteiger partial charge in [0.25, 0.3) is 0 Å². The van der Waals surface area contributed by atoms with Gasteiger partial charge in [0.1, 0.15) is 5.72 Å². The van der Waals surface area contributed by atoms with Gasteiger partial charge in [0, 0.05) is 6.42 Å². The van der Waals surface area contributed by atoms with E-state index in [0.717, 1.165) is 25.7 Å². The second-order valence-corrected chi connectivity index (χ2v) is 6.67. The number of unbranched alkanes of at least 4 members (excludes halogenated alkanes) is 1. The summed E-state index contributed by atoms with van der Waals surface area (Å²) in [4.78, 5) is 14.8. The van der Waals surface area contributed by atoms with Crippen molar-refractivity contribution in [2.24, 2.45) is 11.3 Å². The zero-order valence-electron chi connectivity index (χ0n) is 13.2. The molecular formula is C15H26LiNO2. The number of carbonyl (C=O) groups excluding carboxylic acids is 1. The van der Waals surface area contributed by atoms with E-state index < -0.39 is 0 Å². The van der Waals surface area contributed by atoms with Crippen LogP contribution in [0, 0.1) is 18.3 Å². The Balaban J connectivity index is 0.00000180. The Morgan fingerprint density at radius 2 is 2.11 bits per heavy atom. The van der Waals surface area contributed by atoms with Crippen LogP contribution in [-0.2, 0) is 9.53 Å². The maximum absolute atomic E-state index is 12.8. The Hall–Kier alpha value is 0.0274. The summed E-state index contributed by atoms with van der Waals surface area (Å²) in [6.45, 7) is 13.1. The number of nitrogens with zero attached hydrogens (tertiary/aromatic N) is 1. The zero-order valence-corrected chi connectivity index (χ0v) is 13.2. The summed E-state index contributed by atoms with van der Waals surface area (Å²) >= 11 is 0. The predicted octanol–water partition coefficient (Wildman–Crippen LogP) is 0.00439. The molecule has 0 N–H and O–H groups in total. The van der Waals surface area contributed by atoms with Crippen LogP contribution in [0.15, 0.2) is 0 Å². The van der Waals surface area contributed by atoms with Crippen molar-refractivity contribution >= 4 is 5.91 Å². The van der Waals surface area contributed by atoms with Gasteiger partial charge >= 0.3 is 18.9 Å². The van der Waals surface area contributed by atoms with E-state index in [4.69, 9.17) is 4.74 Å². The van der Waals surface area contributed by atoms with Crippen molar-refractivity contribution in [1.82, 2.24) is 4.90 Å². The predicted molar refractivity (Wildman–Crippen MR) is 71.8 cm³/mol. The molecule has 2 fully saturated rings. The Labute approximate surface area is 129 Å². The van der Waals surface area contributed by atoms with Crippen molar-refractivity contribution in [3.8, 4) is 0 Å². The first-order chi connectivity index (χ1) is 8.34. The zero-order chi connectivity index (χ0) is 13.6. The molecule has 0 spiro atoms. The normalized spacial score (nSPS) is 37.7. The van der Waals surface area contributed by atoms with Gasteiger partial charge in [-0.25, -0.2) is 0 Å². The molecule has 2 saturated heterocycles. The van der Waals surface area contributed by atoms with Crippen LogP contribution in [0.5, 0.6) is 0 Å². The van der Waals surface area contributed by atoms with Gasteiger partial charge in [-0.1, -0.05) is 27.2 Å². The van der Waals surface area contributed by atoms with E-state index in [1.807, 2.05) is 4.90 Å². The van der Waals surface area contributed by atoms with Gasteiger partial charge in [-0.3, -0.25) is 4.79 Å². The maximum atomic E-state index is 12.8. The van der Waals surface area contributed by atoms with Gasteiger partial charge in [0.2, 0.25) is 5.91 Å². The quantitative estimate of drug-likeness (QED) is 0.525. The third-order valence-corrected chi connectivity index (χ3v) is 4.61. The summed E-state index contributed by atoms with van der Waals surface area (Å²) in [6, 6.07) is 0.240. The van der Waals surface area contributed by atoms with Crippen LogP contribution in [0.1, 0.15) is 53.4 Å². The molecule has 0 unspecified atom stereocenters. The molecule has 2 aliphatic heterocycles. The average molecular weight is 259 g/mol. The van der Waals surface area contributed by atoms with Crippen molar-refractivity contribution in [2.75, 3.05) is 6.61 Å². The molecule has 104 valence electrons. The first kappa shape index (κ1) is 17.1. The number of fused-ring (bicyclic) bond motifs is 1. The van der Waals surface area contributed by atoms with Gasteiger partial charge < -0.3 is 16.6 Å². The molecule has 3 nitrogen and oxygen atoms in total. The Morgan fingerprint density at radius 1 is 1.47 bits per heavy atom. The fraction of sp³-hybridized carbons (Fsp3) is 0.867. The van der Waals surface area contributed by atoms with E-state index in [2.05, 4.69) is 34.6 Å². The number of hydrogen-bond acceptors (Lipinski definition) is 2. The van der Waals surface area contributed by atoms with Crippen LogP contribution in [-0.4, -0.2) is 29.2 Å². The minimum absolute atomic E-state index is 0. The average Bonchev–Trinajstić information content (AvgIpc) is 2.70. The van der Waals surface area contributed by atoms with E-state index in [0.29, 0.717) is 12.5 Å². The molecule has 19 heavy (non-hydrogen) atoms. The topological polar surface area (TPSA) is 29.5 Å². The van der Waals surface area contributed by atoms with E-state index >= 15 is 0 Å². The molecular weight excluding hydrogens is 233 g/mol. The molecule has 1 amide bonds. The van der Waals surface area contributed by atoms with Crippen LogP contribution in [0.3, 0.4) is 0 Å². The van der Waals surface area contributed by atoms with Crippen LogP contribution in [0.25, 0.3) is 0 Å². The molecule has 3 atom stereocenters. The molecule has 2 heterocycles. The summed E-state index contributed by atoms with van der Waals surface area (Å²) in [5.41, 5.74) is -0.623. The minimum Gasteiger partial charge on any atom is -0.354 e. The standard InChI is InChI=1S/C15H26NO2.Li/c1-6-7-8-14(4)10-15(5)16(13(14)17)12(9-18-15)11(2)3;/h11-12H,1,6-10H2,2-5H3;/q-1;+1/t12-,14-,15-;/m1./s1. The van der Waals surface area contributed by atoms with Crippen molar-refractivity contribution in [2.45, 2.75) is 65.1 Å². The Morgan fingerprint density at radius 3 is 2.63 bits per heavy atom. The summed E-state index contributed by atoms with van der Waals surface area (Å²) < 4.78 is 5.97. The summed E-state index contributed by atoms with van der Waals surface area (Å²) in [6.07, 6.45) is 3.66. The summed E-state index contributed by atoms with van der Waals surface area (Å²) in [5, 5.41) is 0. The molecule has 2 aliphatic rings. The minimum atomic E-state index is -0.373. The van der Waals surface area contributed by atoms with E-state index in [-0.39, 0.29) is 41.9 Å². The molecule has 4 heteroatoms. The SMILES string of the molecule is [CH2-]CCC[C@]1(C)C[C@@]2(C)OC[C@H](C(C)C)N2C1=O.[Li+]. The fourth-order valence-electron chi connectivity index (χ4n) is 3.55. The van der Waals surface area contributed by atoms with Crippen LogP contribution >= 0.6 is 0 Å². The smallest absolute Gasteiger partial charge is 0.354 e. The second-order valence-electron chi connectivity index (χ2n) is 6.67. The number of carbonyl (C=O) groups is 1. The summed E-state index contributed by atoms with van der Waals surface area (Å²) in [7, 11) is 0. The van der Waals surface area contributed by atoms with Crippen molar-refractivity contribution < 1.29 is 28.4 Å². The number of rotatable bonds is 4. The van der Waals surface area contributed by atoms with Crippen molar-refractivity contribution in [3.63, 3.8) is 0 Å². The van der Waals surface area contributed by atoms with Gasteiger partial charge in [-0.05, 0) is 19.3 Å². The van der Waals surface area contributed by atoms with Crippen molar-refractivity contribution in [1.29, 1.82) is 0 Å². The van der Waals surface area contributed by atoms with E-state index in [9.17, 15) is 4.79 Å². The van der Waals surface area contributed by atoms with Gasteiger partial charge in [-0.15, -0.1) is 0 Å². The molecule has 2 rings (SSSR count). The third-order valence-electron chi connectivity index (χ3n) is 4.61. The molecule has 0 aliphatic carbocycles. The number of hydrogen-bond donors (Lipinski definition) is 0. The second kappa shape index (κ2) is 5.80.